The van der Waals surface area contributed by atoms with Crippen LogP contribution in [-0.4, -0.2) is 23.8 Å². The summed E-state index contributed by atoms with van der Waals surface area (Å²) < 4.78 is 18.6. The minimum atomic E-state index is -0.328. The molecule has 0 saturated heterocycles. The third kappa shape index (κ3) is 5.74. The second-order valence-electron chi connectivity index (χ2n) is 5.96. The predicted octanol–water partition coefficient (Wildman–Crippen LogP) is 4.02. The van der Waals surface area contributed by atoms with Crippen LogP contribution in [-0.2, 0) is 4.79 Å². The van der Waals surface area contributed by atoms with E-state index in [2.05, 4.69) is 15.6 Å². The molecule has 0 spiro atoms. The molecule has 0 aliphatic heterocycles. The number of amides is 2. The molecule has 3 aromatic rings. The second kappa shape index (κ2) is 9.27. The van der Waals surface area contributed by atoms with Gasteiger partial charge in [-0.2, -0.15) is 0 Å². The molecule has 0 aliphatic rings. The lowest BCUT2D eigenvalue weighted by atomic mass is 10.2. The molecule has 0 fully saturated rings. The number of carbonyl (C=O) groups is 2. The summed E-state index contributed by atoms with van der Waals surface area (Å²) in [5, 5.41) is 5.23. The maximum Gasteiger partial charge on any atom is 0.269 e. The van der Waals surface area contributed by atoms with Crippen molar-refractivity contribution in [3.05, 3.63) is 90.0 Å². The highest BCUT2D eigenvalue weighted by Crippen LogP contribution is 2.23. The van der Waals surface area contributed by atoms with Gasteiger partial charge in [0, 0.05) is 31.1 Å². The average Bonchev–Trinajstić information content (AvgIpc) is 2.74. The Morgan fingerprint density at radius 1 is 1.00 bits per heavy atom. The second-order valence-corrected chi connectivity index (χ2v) is 5.96. The minimum absolute atomic E-state index is 0.252. The van der Waals surface area contributed by atoms with Gasteiger partial charge in [0.1, 0.15) is 23.0 Å². The standard InChI is InChI=1S/C22H18FN3O3/c1-24-22(28)20-14-19(12-13-25-20)29-18-9-7-17(8-10-18)26-21(27)11-4-15-2-5-16(23)6-3-15/h2-14H,1H3,(H,24,28)(H,26,27). The maximum absolute atomic E-state index is 12.9. The summed E-state index contributed by atoms with van der Waals surface area (Å²) >= 11 is 0. The molecule has 146 valence electrons. The third-order valence-corrected chi connectivity index (χ3v) is 3.85. The number of aromatic nitrogens is 1. The van der Waals surface area contributed by atoms with Crippen LogP contribution >= 0.6 is 0 Å². The van der Waals surface area contributed by atoms with Crippen LogP contribution in [0, 0.1) is 5.82 Å². The summed E-state index contributed by atoms with van der Waals surface area (Å²) in [6.45, 7) is 0. The van der Waals surface area contributed by atoms with E-state index in [1.54, 1.807) is 48.5 Å². The number of hydrogen-bond donors (Lipinski definition) is 2. The fraction of sp³-hybridized carbons (Fsp3) is 0.0455. The quantitative estimate of drug-likeness (QED) is 0.622. The molecule has 1 heterocycles. The molecule has 0 saturated carbocycles. The van der Waals surface area contributed by atoms with E-state index in [4.69, 9.17) is 4.74 Å². The van der Waals surface area contributed by atoms with E-state index >= 15 is 0 Å². The van der Waals surface area contributed by atoms with Gasteiger partial charge in [0.05, 0.1) is 0 Å². The number of rotatable bonds is 6. The molecular formula is C22H18FN3O3. The lowest BCUT2D eigenvalue weighted by Gasteiger charge is -2.08. The number of nitrogens with one attached hydrogen (secondary N) is 2. The number of halogens is 1. The Morgan fingerprint density at radius 3 is 2.41 bits per heavy atom. The molecular weight excluding hydrogens is 373 g/mol. The van der Waals surface area contributed by atoms with Gasteiger partial charge < -0.3 is 15.4 Å². The number of ether oxygens (including phenoxy) is 1. The van der Waals surface area contributed by atoms with Crippen molar-refractivity contribution in [1.29, 1.82) is 0 Å². The van der Waals surface area contributed by atoms with Crippen LogP contribution in [0.4, 0.5) is 10.1 Å². The topological polar surface area (TPSA) is 80.3 Å². The first-order chi connectivity index (χ1) is 14.0. The normalized spacial score (nSPS) is 10.6. The van der Waals surface area contributed by atoms with E-state index in [0.29, 0.717) is 17.2 Å². The molecule has 3 rings (SSSR count). The first-order valence-corrected chi connectivity index (χ1v) is 8.74. The van der Waals surface area contributed by atoms with Gasteiger partial charge in [0.2, 0.25) is 5.91 Å². The van der Waals surface area contributed by atoms with Crippen molar-refractivity contribution in [2.24, 2.45) is 0 Å². The summed E-state index contributed by atoms with van der Waals surface area (Å²) in [4.78, 5) is 27.6. The first kappa shape index (κ1) is 19.8. The van der Waals surface area contributed by atoms with Gasteiger partial charge in [-0.25, -0.2) is 4.39 Å². The van der Waals surface area contributed by atoms with Crippen molar-refractivity contribution in [2.75, 3.05) is 12.4 Å². The predicted molar refractivity (Wildman–Crippen MR) is 108 cm³/mol. The molecule has 29 heavy (non-hydrogen) atoms. The van der Waals surface area contributed by atoms with Crippen LogP contribution in [0.15, 0.2) is 72.9 Å². The number of nitrogens with zero attached hydrogens (tertiary/aromatic N) is 1. The highest BCUT2D eigenvalue weighted by Gasteiger charge is 2.07. The monoisotopic (exact) mass is 391 g/mol. The molecule has 2 aromatic carbocycles. The number of pyridine rings is 1. The summed E-state index contributed by atoms with van der Waals surface area (Å²) in [6.07, 6.45) is 4.45. The van der Waals surface area contributed by atoms with Crippen molar-refractivity contribution in [2.45, 2.75) is 0 Å². The zero-order chi connectivity index (χ0) is 20.6. The Morgan fingerprint density at radius 2 is 1.72 bits per heavy atom. The van der Waals surface area contributed by atoms with E-state index in [0.717, 1.165) is 5.56 Å². The van der Waals surface area contributed by atoms with Gasteiger partial charge in [-0.05, 0) is 54.1 Å². The van der Waals surface area contributed by atoms with E-state index in [-0.39, 0.29) is 23.3 Å². The van der Waals surface area contributed by atoms with Crippen molar-refractivity contribution < 1.29 is 18.7 Å². The van der Waals surface area contributed by atoms with Crippen molar-refractivity contribution in [3.8, 4) is 11.5 Å². The molecule has 0 bridgehead atoms. The van der Waals surface area contributed by atoms with Crippen LogP contribution in [0.25, 0.3) is 6.08 Å². The highest BCUT2D eigenvalue weighted by molar-refractivity contribution is 6.01. The summed E-state index contributed by atoms with van der Waals surface area (Å²) in [5.41, 5.74) is 1.56. The number of benzene rings is 2. The van der Waals surface area contributed by atoms with Crippen molar-refractivity contribution in [1.82, 2.24) is 10.3 Å². The fourth-order valence-corrected chi connectivity index (χ4v) is 2.40. The Bertz CT molecular complexity index is 1030. The van der Waals surface area contributed by atoms with Crippen LogP contribution in [0.5, 0.6) is 11.5 Å². The van der Waals surface area contributed by atoms with E-state index in [1.165, 1.54) is 37.5 Å². The first-order valence-electron chi connectivity index (χ1n) is 8.74. The number of carbonyl (C=O) groups excluding carboxylic acids is 2. The summed E-state index contributed by atoms with van der Waals surface area (Å²) in [6, 6.07) is 15.8. The molecule has 0 radical (unpaired) electrons. The number of hydrogen-bond acceptors (Lipinski definition) is 4. The average molecular weight is 391 g/mol. The lowest BCUT2D eigenvalue weighted by molar-refractivity contribution is -0.111. The molecule has 1 aromatic heterocycles. The summed E-state index contributed by atoms with van der Waals surface area (Å²) in [5.74, 6) is 0.0663. The van der Waals surface area contributed by atoms with Gasteiger partial charge in [-0.1, -0.05) is 12.1 Å². The van der Waals surface area contributed by atoms with Crippen molar-refractivity contribution >= 4 is 23.6 Å². The Hall–Kier alpha value is -4.00. The highest BCUT2D eigenvalue weighted by atomic mass is 19.1. The minimum Gasteiger partial charge on any atom is -0.457 e. The van der Waals surface area contributed by atoms with E-state index < -0.39 is 0 Å². The molecule has 0 atom stereocenters. The fourth-order valence-electron chi connectivity index (χ4n) is 2.40. The van der Waals surface area contributed by atoms with Crippen LogP contribution in [0.3, 0.4) is 0 Å². The van der Waals surface area contributed by atoms with Gasteiger partial charge in [-0.3, -0.25) is 14.6 Å². The lowest BCUT2D eigenvalue weighted by Crippen LogP contribution is -2.18. The van der Waals surface area contributed by atoms with Gasteiger partial charge in [0.15, 0.2) is 0 Å². The Labute approximate surface area is 167 Å². The Balaban J connectivity index is 1.59. The molecule has 0 unspecified atom stereocenters. The van der Waals surface area contributed by atoms with Gasteiger partial charge >= 0.3 is 0 Å². The molecule has 6 nitrogen and oxygen atoms in total. The zero-order valence-electron chi connectivity index (χ0n) is 15.6. The van der Waals surface area contributed by atoms with Gasteiger partial charge in [0.25, 0.3) is 5.91 Å². The zero-order valence-corrected chi connectivity index (χ0v) is 15.6. The van der Waals surface area contributed by atoms with Crippen LogP contribution in [0.1, 0.15) is 16.1 Å². The van der Waals surface area contributed by atoms with Crippen molar-refractivity contribution in [3.63, 3.8) is 0 Å². The molecule has 2 amide bonds. The SMILES string of the molecule is CNC(=O)c1cc(Oc2ccc(NC(=O)C=Cc3ccc(F)cc3)cc2)ccn1. The van der Waals surface area contributed by atoms with E-state index in [1.807, 2.05) is 0 Å². The number of anilines is 1. The third-order valence-electron chi connectivity index (χ3n) is 3.85. The largest absolute Gasteiger partial charge is 0.457 e. The molecule has 0 aliphatic carbocycles. The molecule has 2 N–H and O–H groups in total. The van der Waals surface area contributed by atoms with E-state index in [9.17, 15) is 14.0 Å². The van der Waals surface area contributed by atoms with Gasteiger partial charge in [-0.15, -0.1) is 0 Å². The Kier molecular flexibility index (Phi) is 6.32. The smallest absolute Gasteiger partial charge is 0.269 e. The van der Waals surface area contributed by atoms with Crippen LogP contribution in [0.2, 0.25) is 0 Å². The summed E-state index contributed by atoms with van der Waals surface area (Å²) in [7, 11) is 1.53. The van der Waals surface area contributed by atoms with Crippen LogP contribution < -0.4 is 15.4 Å². The molecule has 7 heteroatoms. The maximum atomic E-state index is 12.9.